The van der Waals surface area contributed by atoms with Gasteiger partial charge in [0.15, 0.2) is 0 Å². The number of anilines is 1. The summed E-state index contributed by atoms with van der Waals surface area (Å²) in [6.07, 6.45) is -1.48. The maximum Gasteiger partial charge on any atom is 0.387 e. The van der Waals surface area contributed by atoms with E-state index in [9.17, 15) is 14.7 Å². The second-order valence-electron chi connectivity index (χ2n) is 5.18. The van der Waals surface area contributed by atoms with Crippen LogP contribution in [0.4, 0.5) is 5.69 Å². The van der Waals surface area contributed by atoms with E-state index in [1.165, 1.54) is 0 Å². The zero-order valence-electron chi connectivity index (χ0n) is 12.4. The summed E-state index contributed by atoms with van der Waals surface area (Å²) in [5.74, 6) is -0.905. The number of carboxylic acids is 1. The van der Waals surface area contributed by atoms with Crippen LogP contribution in [0.15, 0.2) is 48.5 Å². The van der Waals surface area contributed by atoms with Gasteiger partial charge in [0.1, 0.15) is 11.5 Å². The smallest absolute Gasteiger partial charge is 0.387 e. The van der Waals surface area contributed by atoms with Gasteiger partial charge in [0, 0.05) is 5.69 Å². The second kappa shape index (κ2) is 6.00. The molecule has 0 radical (unpaired) electrons. The van der Waals surface area contributed by atoms with Crippen molar-refractivity contribution in [2.45, 2.75) is 19.1 Å². The van der Waals surface area contributed by atoms with Crippen molar-refractivity contribution in [2.75, 3.05) is 5.32 Å². The number of ether oxygens (including phenoxy) is 2. The van der Waals surface area contributed by atoms with E-state index in [1.54, 1.807) is 55.5 Å². The molecule has 2 unspecified atom stereocenters. The molecule has 2 N–H and O–H groups in total. The summed E-state index contributed by atoms with van der Waals surface area (Å²) in [7, 11) is 0. The van der Waals surface area contributed by atoms with Crippen LogP contribution in [0.1, 0.15) is 18.4 Å². The molecule has 0 aliphatic carbocycles. The standard InChI is InChI=1S/C17H15NO5/c1-10-13-9-12(7-8-14(13)18-15(10)19)23-17(16(20)21)22-11-5-3-2-4-6-11/h2-10,17H,1H3,(H,18,19)(H,20,21). The maximum atomic E-state index is 11.6. The fraction of sp³-hybridized carbons (Fsp3) is 0.176. The largest absolute Gasteiger partial charge is 0.476 e. The summed E-state index contributed by atoms with van der Waals surface area (Å²) in [4.78, 5) is 23.0. The third-order valence-electron chi connectivity index (χ3n) is 3.57. The molecule has 6 heteroatoms. The topological polar surface area (TPSA) is 84.9 Å². The van der Waals surface area contributed by atoms with E-state index in [0.29, 0.717) is 17.2 Å². The number of rotatable bonds is 5. The maximum absolute atomic E-state index is 11.6. The molecule has 1 amide bonds. The minimum Gasteiger partial charge on any atom is -0.476 e. The third kappa shape index (κ3) is 3.11. The van der Waals surface area contributed by atoms with Gasteiger partial charge in [0.05, 0.1) is 5.92 Å². The Morgan fingerprint density at radius 1 is 1.13 bits per heavy atom. The summed E-state index contributed by atoms with van der Waals surface area (Å²) < 4.78 is 10.8. The van der Waals surface area contributed by atoms with Crippen molar-refractivity contribution in [3.8, 4) is 11.5 Å². The first-order chi connectivity index (χ1) is 11.0. The SMILES string of the molecule is CC1C(=O)Nc2ccc(OC(Oc3ccccc3)C(=O)O)cc21. The molecule has 0 saturated heterocycles. The monoisotopic (exact) mass is 313 g/mol. The Labute approximate surface area is 132 Å². The number of amides is 1. The van der Waals surface area contributed by atoms with Crippen molar-refractivity contribution in [3.05, 3.63) is 54.1 Å². The zero-order valence-corrected chi connectivity index (χ0v) is 12.4. The van der Waals surface area contributed by atoms with Gasteiger partial charge in [-0.3, -0.25) is 4.79 Å². The number of fused-ring (bicyclic) bond motifs is 1. The molecule has 118 valence electrons. The van der Waals surface area contributed by atoms with Crippen LogP contribution in [0, 0.1) is 0 Å². The van der Waals surface area contributed by atoms with E-state index in [1.807, 2.05) is 0 Å². The first-order valence-electron chi connectivity index (χ1n) is 7.10. The fourth-order valence-electron chi connectivity index (χ4n) is 2.34. The van der Waals surface area contributed by atoms with Gasteiger partial charge < -0.3 is 19.9 Å². The molecule has 0 aromatic heterocycles. The average molecular weight is 313 g/mol. The first kappa shape index (κ1) is 14.9. The lowest BCUT2D eigenvalue weighted by molar-refractivity contribution is -0.158. The predicted molar refractivity (Wildman–Crippen MR) is 82.6 cm³/mol. The number of hydrogen-bond donors (Lipinski definition) is 2. The van der Waals surface area contributed by atoms with Crippen molar-refractivity contribution >= 4 is 17.6 Å². The summed E-state index contributed by atoms with van der Waals surface area (Å²) in [6.45, 7) is 1.78. The Hall–Kier alpha value is -3.02. The molecule has 1 aliphatic heterocycles. The zero-order chi connectivity index (χ0) is 16.4. The van der Waals surface area contributed by atoms with Crippen molar-refractivity contribution < 1.29 is 24.2 Å². The molecular formula is C17H15NO5. The number of para-hydroxylation sites is 1. The van der Waals surface area contributed by atoms with Gasteiger partial charge >= 0.3 is 12.3 Å². The van der Waals surface area contributed by atoms with Crippen LogP contribution in [-0.4, -0.2) is 23.3 Å². The molecule has 3 rings (SSSR count). The highest BCUT2D eigenvalue weighted by Crippen LogP contribution is 2.35. The molecule has 0 spiro atoms. The fourth-order valence-corrected chi connectivity index (χ4v) is 2.34. The minimum absolute atomic E-state index is 0.0903. The number of carboxylic acid groups (broad SMARTS) is 1. The van der Waals surface area contributed by atoms with Crippen molar-refractivity contribution in [2.24, 2.45) is 0 Å². The first-order valence-corrected chi connectivity index (χ1v) is 7.10. The van der Waals surface area contributed by atoms with Gasteiger partial charge in [-0.05, 0) is 42.8 Å². The van der Waals surface area contributed by atoms with Crippen molar-refractivity contribution in [1.29, 1.82) is 0 Å². The molecule has 0 fully saturated rings. The third-order valence-corrected chi connectivity index (χ3v) is 3.57. The number of nitrogens with one attached hydrogen (secondary N) is 1. The Bertz CT molecular complexity index is 744. The van der Waals surface area contributed by atoms with Gasteiger partial charge in [-0.2, -0.15) is 0 Å². The summed E-state index contributed by atoms with van der Waals surface area (Å²) in [5.41, 5.74) is 1.49. The molecule has 0 saturated carbocycles. The van der Waals surface area contributed by atoms with Crippen LogP contribution >= 0.6 is 0 Å². The quantitative estimate of drug-likeness (QED) is 0.829. The van der Waals surface area contributed by atoms with Gasteiger partial charge in [-0.15, -0.1) is 0 Å². The Balaban J connectivity index is 1.79. The highest BCUT2D eigenvalue weighted by molar-refractivity contribution is 6.02. The van der Waals surface area contributed by atoms with Gasteiger partial charge in [-0.1, -0.05) is 18.2 Å². The molecular weight excluding hydrogens is 298 g/mol. The van der Waals surface area contributed by atoms with Crippen LogP contribution in [0.3, 0.4) is 0 Å². The second-order valence-corrected chi connectivity index (χ2v) is 5.18. The van der Waals surface area contributed by atoms with E-state index in [4.69, 9.17) is 9.47 Å². The van der Waals surface area contributed by atoms with Gasteiger partial charge in [0.2, 0.25) is 5.91 Å². The number of aliphatic carboxylic acids is 1. The molecule has 2 atom stereocenters. The van der Waals surface area contributed by atoms with Crippen LogP contribution in [0.2, 0.25) is 0 Å². The molecule has 1 heterocycles. The molecule has 6 nitrogen and oxygen atoms in total. The normalized spacial score (nSPS) is 17.1. The minimum atomic E-state index is -1.48. The van der Waals surface area contributed by atoms with E-state index in [2.05, 4.69) is 5.32 Å². The number of carbonyl (C=O) groups is 2. The number of hydrogen-bond acceptors (Lipinski definition) is 4. The number of benzene rings is 2. The Morgan fingerprint density at radius 3 is 2.52 bits per heavy atom. The van der Waals surface area contributed by atoms with Crippen LogP contribution < -0.4 is 14.8 Å². The molecule has 1 aliphatic rings. The molecule has 2 aromatic rings. The predicted octanol–water partition coefficient (Wildman–Crippen LogP) is 2.61. The van der Waals surface area contributed by atoms with E-state index >= 15 is 0 Å². The van der Waals surface area contributed by atoms with Crippen molar-refractivity contribution in [1.82, 2.24) is 0 Å². The highest BCUT2D eigenvalue weighted by atomic mass is 16.7. The van der Waals surface area contributed by atoms with E-state index in [0.717, 1.165) is 5.56 Å². The number of carbonyl (C=O) groups excluding carboxylic acids is 1. The average Bonchev–Trinajstić information content (AvgIpc) is 2.82. The highest BCUT2D eigenvalue weighted by Gasteiger charge is 2.28. The summed E-state index contributed by atoms with van der Waals surface area (Å²) in [5, 5.41) is 12.0. The Morgan fingerprint density at radius 2 is 1.83 bits per heavy atom. The van der Waals surface area contributed by atoms with Gasteiger partial charge in [-0.25, -0.2) is 4.79 Å². The lowest BCUT2D eigenvalue weighted by atomic mass is 10.0. The molecule has 23 heavy (non-hydrogen) atoms. The lowest BCUT2D eigenvalue weighted by Crippen LogP contribution is -2.33. The van der Waals surface area contributed by atoms with Crippen LogP contribution in [-0.2, 0) is 9.59 Å². The van der Waals surface area contributed by atoms with Crippen molar-refractivity contribution in [3.63, 3.8) is 0 Å². The summed E-state index contributed by atoms with van der Waals surface area (Å²) >= 11 is 0. The van der Waals surface area contributed by atoms with Crippen LogP contribution in [0.5, 0.6) is 11.5 Å². The molecule has 2 aromatic carbocycles. The molecule has 0 bridgehead atoms. The lowest BCUT2D eigenvalue weighted by Gasteiger charge is -2.17. The van der Waals surface area contributed by atoms with E-state index < -0.39 is 12.3 Å². The Kier molecular flexibility index (Phi) is 3.89. The summed E-state index contributed by atoms with van der Waals surface area (Å²) in [6, 6.07) is 13.5. The van der Waals surface area contributed by atoms with E-state index in [-0.39, 0.29) is 11.8 Å². The van der Waals surface area contributed by atoms with Gasteiger partial charge in [0.25, 0.3) is 0 Å². The van der Waals surface area contributed by atoms with Crippen LogP contribution in [0.25, 0.3) is 0 Å².